The number of rotatable bonds is 5. The molecule has 0 fully saturated rings. The van der Waals surface area contributed by atoms with E-state index in [-0.39, 0.29) is 5.82 Å². The van der Waals surface area contributed by atoms with Gasteiger partial charge in [-0.3, -0.25) is 0 Å². The summed E-state index contributed by atoms with van der Waals surface area (Å²) in [4.78, 5) is 7.82. The topological polar surface area (TPSA) is 40.7 Å². The number of aryl methyl sites for hydroxylation is 1. The molecule has 0 aliphatic rings. The van der Waals surface area contributed by atoms with Crippen molar-refractivity contribution in [2.24, 2.45) is 0 Å². The standard InChI is InChI=1S/C16H16FN3S/c1-11-6-7-14-15(10-11)20-16(19-14)21-9-8-18-13-5-3-2-4-12(13)17/h2-7,10,18H,8-9H2,1H3,(H,19,20). The van der Waals surface area contributed by atoms with E-state index in [1.54, 1.807) is 23.9 Å². The van der Waals surface area contributed by atoms with E-state index in [0.29, 0.717) is 12.2 Å². The fourth-order valence-corrected chi connectivity index (χ4v) is 2.85. The van der Waals surface area contributed by atoms with Crippen molar-refractivity contribution in [1.29, 1.82) is 0 Å². The van der Waals surface area contributed by atoms with Crippen LogP contribution in [0.3, 0.4) is 0 Å². The summed E-state index contributed by atoms with van der Waals surface area (Å²) in [6.45, 7) is 2.74. The fraction of sp³-hybridized carbons (Fsp3) is 0.188. The molecule has 5 heteroatoms. The van der Waals surface area contributed by atoms with Crippen molar-refractivity contribution >= 4 is 28.5 Å². The number of anilines is 1. The molecule has 108 valence electrons. The van der Waals surface area contributed by atoms with Crippen LogP contribution in [0.5, 0.6) is 0 Å². The Hall–Kier alpha value is -2.01. The number of para-hydroxylation sites is 1. The molecule has 3 nitrogen and oxygen atoms in total. The Morgan fingerprint density at radius 2 is 2.10 bits per heavy atom. The van der Waals surface area contributed by atoms with E-state index < -0.39 is 0 Å². The van der Waals surface area contributed by atoms with Crippen LogP contribution in [0, 0.1) is 12.7 Å². The third-order valence-electron chi connectivity index (χ3n) is 3.15. The molecule has 1 aromatic heterocycles. The molecule has 0 amide bonds. The van der Waals surface area contributed by atoms with Crippen LogP contribution in [0.1, 0.15) is 5.56 Å². The minimum atomic E-state index is -0.221. The number of aromatic nitrogens is 2. The first-order valence-electron chi connectivity index (χ1n) is 6.80. The molecule has 0 spiro atoms. The van der Waals surface area contributed by atoms with Gasteiger partial charge in [-0.15, -0.1) is 0 Å². The zero-order chi connectivity index (χ0) is 14.7. The molecule has 0 radical (unpaired) electrons. The zero-order valence-electron chi connectivity index (χ0n) is 11.7. The molecule has 0 aliphatic carbocycles. The second-order valence-corrected chi connectivity index (χ2v) is 5.90. The summed E-state index contributed by atoms with van der Waals surface area (Å²) < 4.78 is 13.4. The summed E-state index contributed by atoms with van der Waals surface area (Å²) in [5, 5.41) is 3.98. The highest BCUT2D eigenvalue weighted by atomic mass is 32.2. The number of thioether (sulfide) groups is 1. The Kier molecular flexibility index (Phi) is 4.10. The average Bonchev–Trinajstić information content (AvgIpc) is 2.87. The number of halogens is 1. The highest BCUT2D eigenvalue weighted by molar-refractivity contribution is 7.99. The minimum Gasteiger partial charge on any atom is -0.382 e. The second kappa shape index (κ2) is 6.18. The molecule has 2 aromatic carbocycles. The van der Waals surface area contributed by atoms with Crippen LogP contribution in [0.2, 0.25) is 0 Å². The van der Waals surface area contributed by atoms with Crippen LogP contribution in [0.25, 0.3) is 11.0 Å². The third kappa shape index (κ3) is 3.36. The Balaban J connectivity index is 1.56. The van der Waals surface area contributed by atoms with Gasteiger partial charge < -0.3 is 10.3 Å². The lowest BCUT2D eigenvalue weighted by atomic mass is 10.2. The van der Waals surface area contributed by atoms with E-state index in [2.05, 4.69) is 34.3 Å². The van der Waals surface area contributed by atoms with Gasteiger partial charge in [0.2, 0.25) is 0 Å². The van der Waals surface area contributed by atoms with Gasteiger partial charge in [-0.2, -0.15) is 0 Å². The van der Waals surface area contributed by atoms with Gasteiger partial charge in [0, 0.05) is 12.3 Å². The maximum Gasteiger partial charge on any atom is 0.166 e. The van der Waals surface area contributed by atoms with Crippen molar-refractivity contribution in [3.8, 4) is 0 Å². The molecule has 3 aromatic rings. The predicted molar refractivity (Wildman–Crippen MR) is 86.4 cm³/mol. The van der Waals surface area contributed by atoms with Crippen molar-refractivity contribution in [3.63, 3.8) is 0 Å². The molecule has 0 atom stereocenters. The average molecular weight is 301 g/mol. The van der Waals surface area contributed by atoms with Gasteiger partial charge in [0.25, 0.3) is 0 Å². The molecule has 0 bridgehead atoms. The molecule has 0 saturated carbocycles. The minimum absolute atomic E-state index is 0.221. The summed E-state index contributed by atoms with van der Waals surface area (Å²) in [5.74, 6) is 0.592. The van der Waals surface area contributed by atoms with Crippen molar-refractivity contribution in [2.45, 2.75) is 12.1 Å². The van der Waals surface area contributed by atoms with Gasteiger partial charge in [0.1, 0.15) is 5.82 Å². The van der Waals surface area contributed by atoms with Crippen LogP contribution in [0.15, 0.2) is 47.6 Å². The lowest BCUT2D eigenvalue weighted by Crippen LogP contribution is -2.05. The first-order valence-corrected chi connectivity index (χ1v) is 7.78. The lowest BCUT2D eigenvalue weighted by Gasteiger charge is -2.05. The van der Waals surface area contributed by atoms with Crippen molar-refractivity contribution in [1.82, 2.24) is 9.97 Å². The van der Waals surface area contributed by atoms with E-state index >= 15 is 0 Å². The summed E-state index contributed by atoms with van der Waals surface area (Å²) in [6.07, 6.45) is 0. The maximum atomic E-state index is 13.4. The smallest absolute Gasteiger partial charge is 0.166 e. The molecule has 0 unspecified atom stereocenters. The van der Waals surface area contributed by atoms with E-state index in [9.17, 15) is 4.39 Å². The number of hydrogen-bond donors (Lipinski definition) is 2. The monoisotopic (exact) mass is 301 g/mol. The highest BCUT2D eigenvalue weighted by Crippen LogP contribution is 2.20. The van der Waals surface area contributed by atoms with Gasteiger partial charge in [-0.1, -0.05) is 30.0 Å². The summed E-state index contributed by atoms with van der Waals surface area (Å²) in [5.41, 5.74) is 3.78. The third-order valence-corrected chi connectivity index (χ3v) is 4.02. The van der Waals surface area contributed by atoms with E-state index in [4.69, 9.17) is 0 Å². The molecular formula is C16H16FN3S. The molecule has 0 aliphatic heterocycles. The Morgan fingerprint density at radius 1 is 1.24 bits per heavy atom. The number of aromatic amines is 1. The first kappa shape index (κ1) is 13.9. The SMILES string of the molecule is Cc1ccc2nc(SCCNc3ccccc3F)[nH]c2c1. The van der Waals surface area contributed by atoms with Crippen LogP contribution in [-0.4, -0.2) is 22.3 Å². The number of fused-ring (bicyclic) bond motifs is 1. The molecular weight excluding hydrogens is 285 g/mol. The van der Waals surface area contributed by atoms with Crippen molar-refractivity contribution < 1.29 is 4.39 Å². The second-order valence-electron chi connectivity index (χ2n) is 4.82. The molecule has 1 heterocycles. The van der Waals surface area contributed by atoms with Crippen molar-refractivity contribution in [2.75, 3.05) is 17.6 Å². The number of imidazole rings is 1. The van der Waals surface area contributed by atoms with Crippen LogP contribution in [0.4, 0.5) is 10.1 Å². The van der Waals surface area contributed by atoms with E-state index in [1.807, 2.05) is 12.1 Å². The Morgan fingerprint density at radius 3 is 2.95 bits per heavy atom. The van der Waals surface area contributed by atoms with Gasteiger partial charge >= 0.3 is 0 Å². The highest BCUT2D eigenvalue weighted by Gasteiger charge is 2.04. The number of nitrogens with one attached hydrogen (secondary N) is 2. The molecule has 2 N–H and O–H groups in total. The van der Waals surface area contributed by atoms with Crippen LogP contribution >= 0.6 is 11.8 Å². The quantitative estimate of drug-likeness (QED) is 0.548. The number of benzene rings is 2. The Bertz CT molecular complexity index is 754. The molecule has 3 rings (SSSR count). The lowest BCUT2D eigenvalue weighted by molar-refractivity contribution is 0.630. The first-order chi connectivity index (χ1) is 10.2. The Labute approximate surface area is 127 Å². The van der Waals surface area contributed by atoms with Crippen LogP contribution < -0.4 is 5.32 Å². The van der Waals surface area contributed by atoms with Crippen LogP contribution in [-0.2, 0) is 0 Å². The molecule has 0 saturated heterocycles. The largest absolute Gasteiger partial charge is 0.382 e. The predicted octanol–water partition coefficient (Wildman–Crippen LogP) is 4.21. The normalized spacial score (nSPS) is 11.0. The molecule has 21 heavy (non-hydrogen) atoms. The zero-order valence-corrected chi connectivity index (χ0v) is 12.5. The fourth-order valence-electron chi connectivity index (χ4n) is 2.11. The number of H-pyrrole nitrogens is 1. The van der Waals surface area contributed by atoms with Gasteiger partial charge in [-0.25, -0.2) is 9.37 Å². The van der Waals surface area contributed by atoms with E-state index in [1.165, 1.54) is 11.6 Å². The summed E-state index contributed by atoms with van der Waals surface area (Å²) in [6, 6.07) is 12.9. The number of nitrogens with zero attached hydrogens (tertiary/aromatic N) is 1. The van der Waals surface area contributed by atoms with Crippen molar-refractivity contribution in [3.05, 3.63) is 53.8 Å². The van der Waals surface area contributed by atoms with Gasteiger partial charge in [0.15, 0.2) is 5.16 Å². The van der Waals surface area contributed by atoms with Gasteiger partial charge in [0.05, 0.1) is 16.7 Å². The summed E-state index contributed by atoms with van der Waals surface area (Å²) >= 11 is 1.63. The summed E-state index contributed by atoms with van der Waals surface area (Å²) in [7, 11) is 0. The van der Waals surface area contributed by atoms with Gasteiger partial charge in [-0.05, 0) is 36.8 Å². The van der Waals surface area contributed by atoms with E-state index in [0.717, 1.165) is 21.9 Å². The number of hydrogen-bond acceptors (Lipinski definition) is 3. The maximum absolute atomic E-state index is 13.4.